The van der Waals surface area contributed by atoms with Gasteiger partial charge in [-0.1, -0.05) is 54.1 Å². The van der Waals surface area contributed by atoms with Crippen molar-refractivity contribution in [2.45, 2.75) is 27.0 Å². The van der Waals surface area contributed by atoms with Crippen LogP contribution in [0.3, 0.4) is 0 Å². The van der Waals surface area contributed by atoms with Crippen molar-refractivity contribution >= 4 is 28.1 Å². The Labute approximate surface area is 181 Å². The van der Waals surface area contributed by atoms with E-state index in [1.165, 1.54) is 17.2 Å². The molecule has 0 fully saturated rings. The third-order valence-electron chi connectivity index (χ3n) is 5.41. The summed E-state index contributed by atoms with van der Waals surface area (Å²) in [5, 5.41) is 6.10. The normalized spacial score (nSPS) is 10.9. The molecule has 0 aromatic heterocycles. The van der Waals surface area contributed by atoms with Crippen LogP contribution in [0.4, 0.5) is 10.1 Å². The van der Waals surface area contributed by atoms with E-state index in [2.05, 4.69) is 49.5 Å². The van der Waals surface area contributed by atoms with Gasteiger partial charge in [0.15, 0.2) is 0 Å². The molecule has 30 heavy (non-hydrogen) atoms. The molecule has 152 valence electrons. The molecule has 4 aromatic carbocycles. The van der Waals surface area contributed by atoms with E-state index < -0.39 is 0 Å². The highest BCUT2D eigenvalue weighted by Gasteiger charge is 2.12. The van der Waals surface area contributed by atoms with Gasteiger partial charge in [0.05, 0.1) is 5.02 Å². The standard InChI is InChI=1S/C26H23ClFNO/c1-17-10-12-20(14-18(17)2)29-15-22-21-7-4-3-6-19(21)11-13-26(22)30-16-23-24(27)8-5-9-25(23)28/h3-14,29H,15-16H2,1-2H3. The molecule has 0 radical (unpaired) electrons. The molecule has 0 aliphatic rings. The maximum Gasteiger partial charge on any atom is 0.131 e. The smallest absolute Gasteiger partial charge is 0.131 e. The van der Waals surface area contributed by atoms with Crippen molar-refractivity contribution in [1.82, 2.24) is 0 Å². The highest BCUT2D eigenvalue weighted by Crippen LogP contribution is 2.31. The number of ether oxygens (including phenoxy) is 1. The minimum absolute atomic E-state index is 0.0699. The summed E-state index contributed by atoms with van der Waals surface area (Å²) in [5.41, 5.74) is 4.94. The lowest BCUT2D eigenvalue weighted by Crippen LogP contribution is -2.06. The van der Waals surface area contributed by atoms with Gasteiger partial charge in [-0.2, -0.15) is 0 Å². The van der Waals surface area contributed by atoms with Crippen LogP contribution in [0.25, 0.3) is 10.8 Å². The Hall–Kier alpha value is -3.04. The first-order valence-corrected chi connectivity index (χ1v) is 10.3. The van der Waals surface area contributed by atoms with Crippen molar-refractivity contribution in [2.75, 3.05) is 5.32 Å². The molecule has 4 heteroatoms. The molecule has 0 amide bonds. The van der Waals surface area contributed by atoms with Crippen LogP contribution in [0.1, 0.15) is 22.3 Å². The summed E-state index contributed by atoms with van der Waals surface area (Å²) >= 11 is 6.17. The molecule has 1 N–H and O–H groups in total. The quantitative estimate of drug-likeness (QED) is 0.350. The average Bonchev–Trinajstić information content (AvgIpc) is 2.74. The lowest BCUT2D eigenvalue weighted by Gasteiger charge is -2.17. The Morgan fingerprint density at radius 1 is 0.867 bits per heavy atom. The van der Waals surface area contributed by atoms with Gasteiger partial charge in [-0.25, -0.2) is 4.39 Å². The van der Waals surface area contributed by atoms with Crippen LogP contribution in [0.2, 0.25) is 5.02 Å². The van der Waals surface area contributed by atoms with Crippen molar-refractivity contribution in [1.29, 1.82) is 0 Å². The molecule has 4 rings (SSSR count). The second-order valence-corrected chi connectivity index (χ2v) is 7.81. The zero-order chi connectivity index (χ0) is 21.1. The predicted molar refractivity (Wildman–Crippen MR) is 123 cm³/mol. The van der Waals surface area contributed by atoms with Crippen molar-refractivity contribution < 1.29 is 9.13 Å². The fraction of sp³-hybridized carbons (Fsp3) is 0.154. The average molecular weight is 420 g/mol. The molecule has 0 aliphatic heterocycles. The number of nitrogens with one attached hydrogen (secondary N) is 1. The highest BCUT2D eigenvalue weighted by atomic mass is 35.5. The van der Waals surface area contributed by atoms with E-state index in [0.29, 0.717) is 22.9 Å². The SMILES string of the molecule is Cc1ccc(NCc2c(OCc3c(F)cccc3Cl)ccc3ccccc23)cc1C. The lowest BCUT2D eigenvalue weighted by molar-refractivity contribution is 0.297. The van der Waals surface area contributed by atoms with Crippen molar-refractivity contribution in [3.05, 3.63) is 106 Å². The first kappa shape index (κ1) is 20.2. The molecule has 0 unspecified atom stereocenters. The predicted octanol–water partition coefficient (Wildman–Crippen LogP) is 7.44. The molecule has 0 saturated carbocycles. The number of halogens is 2. The first-order chi connectivity index (χ1) is 14.5. The van der Waals surface area contributed by atoms with E-state index >= 15 is 0 Å². The fourth-order valence-electron chi connectivity index (χ4n) is 3.50. The number of benzene rings is 4. The lowest BCUT2D eigenvalue weighted by atomic mass is 10.0. The minimum Gasteiger partial charge on any atom is -0.488 e. The summed E-state index contributed by atoms with van der Waals surface area (Å²) in [6.45, 7) is 4.86. The summed E-state index contributed by atoms with van der Waals surface area (Å²) in [5.74, 6) is 0.349. The van der Waals surface area contributed by atoms with Gasteiger partial charge in [0.25, 0.3) is 0 Å². The van der Waals surface area contributed by atoms with E-state index in [1.807, 2.05) is 24.3 Å². The van der Waals surface area contributed by atoms with Crippen molar-refractivity contribution in [2.24, 2.45) is 0 Å². The monoisotopic (exact) mass is 419 g/mol. The Morgan fingerprint density at radius 2 is 1.70 bits per heavy atom. The summed E-state index contributed by atoms with van der Waals surface area (Å²) in [7, 11) is 0. The van der Waals surface area contributed by atoms with Gasteiger partial charge >= 0.3 is 0 Å². The molecule has 2 nitrogen and oxygen atoms in total. The van der Waals surface area contributed by atoms with E-state index in [4.69, 9.17) is 16.3 Å². The summed E-state index contributed by atoms with van der Waals surface area (Å²) in [6.07, 6.45) is 0. The van der Waals surface area contributed by atoms with Gasteiger partial charge in [-0.3, -0.25) is 0 Å². The molecule has 4 aromatic rings. The maximum absolute atomic E-state index is 14.2. The van der Waals surface area contributed by atoms with Gasteiger partial charge in [-0.05, 0) is 66.1 Å². The van der Waals surface area contributed by atoms with E-state index in [-0.39, 0.29) is 12.4 Å². The number of rotatable bonds is 6. The van der Waals surface area contributed by atoms with Gasteiger partial charge in [0, 0.05) is 23.4 Å². The minimum atomic E-state index is -0.363. The zero-order valence-electron chi connectivity index (χ0n) is 17.0. The summed E-state index contributed by atoms with van der Waals surface area (Å²) in [6, 6.07) is 23.1. The van der Waals surface area contributed by atoms with Gasteiger partial charge in [0.2, 0.25) is 0 Å². The molecule has 0 saturated heterocycles. The molecule has 0 aliphatic carbocycles. The van der Waals surface area contributed by atoms with Gasteiger partial charge in [-0.15, -0.1) is 0 Å². The van der Waals surface area contributed by atoms with Crippen LogP contribution in [-0.4, -0.2) is 0 Å². The first-order valence-electron chi connectivity index (χ1n) is 9.90. The van der Waals surface area contributed by atoms with Crippen LogP contribution in [-0.2, 0) is 13.2 Å². The topological polar surface area (TPSA) is 21.3 Å². The van der Waals surface area contributed by atoms with Crippen molar-refractivity contribution in [3.8, 4) is 5.75 Å². The number of hydrogen-bond acceptors (Lipinski definition) is 2. The largest absolute Gasteiger partial charge is 0.488 e. The molecule has 0 bridgehead atoms. The fourth-order valence-corrected chi connectivity index (χ4v) is 3.71. The van der Waals surface area contributed by atoms with E-state index in [1.54, 1.807) is 12.1 Å². The molecule has 0 spiro atoms. The maximum atomic E-state index is 14.2. The second-order valence-electron chi connectivity index (χ2n) is 7.40. The number of aryl methyl sites for hydroxylation is 2. The summed E-state index contributed by atoms with van der Waals surface area (Å²) < 4.78 is 20.2. The second kappa shape index (κ2) is 8.76. The molecular weight excluding hydrogens is 397 g/mol. The zero-order valence-corrected chi connectivity index (χ0v) is 17.8. The Kier molecular flexibility index (Phi) is 5.91. The van der Waals surface area contributed by atoms with Crippen LogP contribution in [0.15, 0.2) is 72.8 Å². The summed E-state index contributed by atoms with van der Waals surface area (Å²) in [4.78, 5) is 0. The van der Waals surface area contributed by atoms with E-state index in [9.17, 15) is 4.39 Å². The molecular formula is C26H23ClFNO. The Bertz CT molecular complexity index is 1180. The number of fused-ring (bicyclic) bond motifs is 1. The molecule has 0 heterocycles. The number of anilines is 1. The Balaban J connectivity index is 1.64. The third-order valence-corrected chi connectivity index (χ3v) is 5.76. The van der Waals surface area contributed by atoms with Crippen LogP contribution < -0.4 is 10.1 Å². The third kappa shape index (κ3) is 4.27. The van der Waals surface area contributed by atoms with E-state index in [0.717, 1.165) is 22.0 Å². The van der Waals surface area contributed by atoms with Gasteiger partial charge < -0.3 is 10.1 Å². The molecule has 0 atom stereocenters. The Morgan fingerprint density at radius 3 is 2.50 bits per heavy atom. The highest BCUT2D eigenvalue weighted by molar-refractivity contribution is 6.31. The van der Waals surface area contributed by atoms with Crippen LogP contribution in [0.5, 0.6) is 5.75 Å². The van der Waals surface area contributed by atoms with Gasteiger partial charge in [0.1, 0.15) is 18.2 Å². The van der Waals surface area contributed by atoms with Crippen LogP contribution in [0, 0.1) is 19.7 Å². The number of hydrogen-bond donors (Lipinski definition) is 1. The van der Waals surface area contributed by atoms with Crippen molar-refractivity contribution in [3.63, 3.8) is 0 Å². The van der Waals surface area contributed by atoms with Crippen LogP contribution >= 0.6 is 11.6 Å².